The Morgan fingerprint density at radius 1 is 1.44 bits per heavy atom. The summed E-state index contributed by atoms with van der Waals surface area (Å²) in [6, 6.07) is 3.68. The lowest BCUT2D eigenvalue weighted by atomic mass is 10.2. The van der Waals surface area contributed by atoms with Crippen molar-refractivity contribution < 1.29 is 17.6 Å². The van der Waals surface area contributed by atoms with Crippen molar-refractivity contribution in [1.82, 2.24) is 10.2 Å². The maximum Gasteiger partial charge on any atom is 0.401 e. The molecule has 0 amide bonds. The minimum absolute atomic E-state index is 0.0162. The van der Waals surface area contributed by atoms with E-state index in [0.717, 1.165) is 12.3 Å². The molecule has 0 fully saturated rings. The van der Waals surface area contributed by atoms with E-state index in [1.165, 1.54) is 0 Å². The molecule has 0 aliphatic heterocycles. The number of furan rings is 1. The number of rotatable bonds is 7. The Morgan fingerprint density at radius 3 is 2.67 bits per heavy atom. The van der Waals surface area contributed by atoms with Gasteiger partial charge in [0.1, 0.15) is 5.76 Å². The minimum Gasteiger partial charge on any atom is -0.468 e. The fourth-order valence-corrected chi connectivity index (χ4v) is 1.73. The normalized spacial score (nSPS) is 14.1. The number of halogens is 3. The van der Waals surface area contributed by atoms with Crippen LogP contribution in [-0.2, 0) is 6.54 Å². The van der Waals surface area contributed by atoms with Crippen LogP contribution >= 0.6 is 0 Å². The van der Waals surface area contributed by atoms with Gasteiger partial charge in [-0.1, -0.05) is 6.92 Å². The van der Waals surface area contributed by atoms with Crippen molar-refractivity contribution in [3.05, 3.63) is 24.2 Å². The van der Waals surface area contributed by atoms with Crippen LogP contribution in [0, 0.1) is 0 Å². The minimum atomic E-state index is -4.15. The third kappa shape index (κ3) is 5.55. The molecule has 1 heterocycles. The Balaban J connectivity index is 2.35. The highest BCUT2D eigenvalue weighted by atomic mass is 19.4. The highest BCUT2D eigenvalue weighted by Crippen LogP contribution is 2.13. The van der Waals surface area contributed by atoms with Gasteiger partial charge in [0, 0.05) is 12.6 Å². The third-order valence-electron chi connectivity index (χ3n) is 2.73. The first kappa shape index (κ1) is 15.0. The standard InChI is InChI=1S/C12H19F3N2O/c1-3-17(8-11-5-4-6-18-11)10(2)7-16-9-12(13,14)15/h4-6,10,16H,3,7-9H2,1-2H3. The van der Waals surface area contributed by atoms with E-state index in [1.807, 2.05) is 19.9 Å². The number of hydrogen-bond donors (Lipinski definition) is 1. The van der Waals surface area contributed by atoms with Crippen LogP contribution < -0.4 is 5.32 Å². The molecule has 3 nitrogen and oxygen atoms in total. The molecule has 1 aromatic rings. The second-order valence-electron chi connectivity index (χ2n) is 4.24. The summed E-state index contributed by atoms with van der Waals surface area (Å²) in [5, 5.41) is 2.42. The molecule has 0 aliphatic carbocycles. The van der Waals surface area contributed by atoms with Gasteiger partial charge in [0.2, 0.25) is 0 Å². The molecule has 104 valence electrons. The molecule has 0 spiro atoms. The van der Waals surface area contributed by atoms with Crippen molar-refractivity contribution in [2.45, 2.75) is 32.6 Å². The highest BCUT2D eigenvalue weighted by molar-refractivity contribution is 4.98. The Hall–Kier alpha value is -1.01. The maximum atomic E-state index is 12.0. The fourth-order valence-electron chi connectivity index (χ4n) is 1.73. The summed E-state index contributed by atoms with van der Waals surface area (Å²) >= 11 is 0. The zero-order chi connectivity index (χ0) is 13.6. The van der Waals surface area contributed by atoms with E-state index in [2.05, 4.69) is 10.2 Å². The summed E-state index contributed by atoms with van der Waals surface area (Å²) < 4.78 is 41.2. The molecule has 1 rings (SSSR count). The van der Waals surface area contributed by atoms with Crippen LogP contribution in [0.1, 0.15) is 19.6 Å². The first-order valence-corrected chi connectivity index (χ1v) is 5.96. The van der Waals surface area contributed by atoms with Gasteiger partial charge in [0.25, 0.3) is 0 Å². The summed E-state index contributed by atoms with van der Waals surface area (Å²) in [5.74, 6) is 0.819. The van der Waals surface area contributed by atoms with E-state index in [9.17, 15) is 13.2 Å². The van der Waals surface area contributed by atoms with Gasteiger partial charge in [0.05, 0.1) is 19.4 Å². The molecule has 0 radical (unpaired) electrons. The predicted molar refractivity (Wildman–Crippen MR) is 63.2 cm³/mol. The third-order valence-corrected chi connectivity index (χ3v) is 2.73. The molecule has 6 heteroatoms. The fraction of sp³-hybridized carbons (Fsp3) is 0.667. The predicted octanol–water partition coefficient (Wildman–Crippen LogP) is 2.64. The number of nitrogens with one attached hydrogen (secondary N) is 1. The van der Waals surface area contributed by atoms with E-state index < -0.39 is 12.7 Å². The van der Waals surface area contributed by atoms with Crippen molar-refractivity contribution in [1.29, 1.82) is 0 Å². The smallest absolute Gasteiger partial charge is 0.401 e. The van der Waals surface area contributed by atoms with Crippen molar-refractivity contribution in [2.24, 2.45) is 0 Å². The second-order valence-corrected chi connectivity index (χ2v) is 4.24. The molecule has 1 atom stereocenters. The van der Waals surface area contributed by atoms with E-state index >= 15 is 0 Å². The zero-order valence-electron chi connectivity index (χ0n) is 10.6. The first-order valence-electron chi connectivity index (χ1n) is 5.96. The quantitative estimate of drug-likeness (QED) is 0.820. The van der Waals surface area contributed by atoms with Gasteiger partial charge in [-0.2, -0.15) is 13.2 Å². The molecular formula is C12H19F3N2O. The van der Waals surface area contributed by atoms with E-state index in [1.54, 1.807) is 12.3 Å². The monoisotopic (exact) mass is 264 g/mol. The lowest BCUT2D eigenvalue weighted by molar-refractivity contribution is -0.125. The number of likely N-dealkylation sites (N-methyl/N-ethyl adjacent to an activating group) is 1. The summed E-state index contributed by atoms with van der Waals surface area (Å²) in [5.41, 5.74) is 0. The molecule has 0 aromatic carbocycles. The van der Waals surface area contributed by atoms with Crippen LogP contribution in [0.3, 0.4) is 0 Å². The van der Waals surface area contributed by atoms with Gasteiger partial charge in [-0.15, -0.1) is 0 Å². The van der Waals surface area contributed by atoms with Crippen LogP contribution in [-0.4, -0.2) is 36.8 Å². The SMILES string of the molecule is CCN(Cc1ccco1)C(C)CNCC(F)(F)F. The molecule has 0 saturated heterocycles. The van der Waals surface area contributed by atoms with Crippen molar-refractivity contribution in [3.63, 3.8) is 0 Å². The molecule has 1 N–H and O–H groups in total. The lowest BCUT2D eigenvalue weighted by Crippen LogP contribution is -2.42. The Morgan fingerprint density at radius 2 is 2.17 bits per heavy atom. The number of nitrogens with zero attached hydrogens (tertiary/aromatic N) is 1. The van der Waals surface area contributed by atoms with Gasteiger partial charge in [-0.3, -0.25) is 4.90 Å². The highest BCUT2D eigenvalue weighted by Gasteiger charge is 2.26. The summed E-state index contributed by atoms with van der Waals surface area (Å²) in [4.78, 5) is 2.06. The van der Waals surface area contributed by atoms with Crippen molar-refractivity contribution in [2.75, 3.05) is 19.6 Å². The Labute approximate surface area is 105 Å². The van der Waals surface area contributed by atoms with E-state index in [0.29, 0.717) is 13.1 Å². The van der Waals surface area contributed by atoms with Gasteiger partial charge in [0.15, 0.2) is 0 Å². The lowest BCUT2D eigenvalue weighted by Gasteiger charge is -2.27. The molecule has 0 saturated carbocycles. The maximum absolute atomic E-state index is 12.0. The average molecular weight is 264 g/mol. The second kappa shape index (κ2) is 6.80. The molecule has 1 aromatic heterocycles. The van der Waals surface area contributed by atoms with E-state index in [-0.39, 0.29) is 6.04 Å². The van der Waals surface area contributed by atoms with Crippen LogP contribution in [0.15, 0.2) is 22.8 Å². The zero-order valence-corrected chi connectivity index (χ0v) is 10.6. The summed E-state index contributed by atoms with van der Waals surface area (Å²) in [7, 11) is 0. The molecule has 0 aliphatic rings. The largest absolute Gasteiger partial charge is 0.468 e. The molecule has 18 heavy (non-hydrogen) atoms. The molecule has 1 unspecified atom stereocenters. The van der Waals surface area contributed by atoms with Gasteiger partial charge in [-0.05, 0) is 25.6 Å². The van der Waals surface area contributed by atoms with Crippen molar-refractivity contribution in [3.8, 4) is 0 Å². The van der Waals surface area contributed by atoms with Crippen molar-refractivity contribution >= 4 is 0 Å². The Kier molecular flexibility index (Phi) is 5.68. The van der Waals surface area contributed by atoms with Gasteiger partial charge >= 0.3 is 6.18 Å². The van der Waals surface area contributed by atoms with E-state index in [4.69, 9.17) is 4.42 Å². The number of alkyl halides is 3. The molecular weight excluding hydrogens is 245 g/mol. The van der Waals surface area contributed by atoms with Crippen LogP contribution in [0.5, 0.6) is 0 Å². The Bertz CT molecular complexity index is 325. The summed E-state index contributed by atoms with van der Waals surface area (Å²) in [6.45, 7) is 4.59. The van der Waals surface area contributed by atoms with Gasteiger partial charge in [-0.25, -0.2) is 0 Å². The topological polar surface area (TPSA) is 28.4 Å². The van der Waals surface area contributed by atoms with Crippen LogP contribution in [0.4, 0.5) is 13.2 Å². The van der Waals surface area contributed by atoms with Gasteiger partial charge < -0.3 is 9.73 Å². The van der Waals surface area contributed by atoms with Crippen LogP contribution in [0.25, 0.3) is 0 Å². The summed E-state index contributed by atoms with van der Waals surface area (Å²) in [6.07, 6.45) is -2.56. The van der Waals surface area contributed by atoms with Crippen LogP contribution in [0.2, 0.25) is 0 Å². The number of hydrogen-bond acceptors (Lipinski definition) is 3. The first-order chi connectivity index (χ1) is 8.42. The molecule has 0 bridgehead atoms. The average Bonchev–Trinajstić information content (AvgIpc) is 2.76.